The lowest BCUT2D eigenvalue weighted by atomic mass is 10.2. The van der Waals surface area contributed by atoms with Gasteiger partial charge in [0.15, 0.2) is 17.5 Å². The molecule has 1 heterocycles. The van der Waals surface area contributed by atoms with Gasteiger partial charge in [0.2, 0.25) is 0 Å². The lowest BCUT2D eigenvalue weighted by molar-refractivity contribution is -0.0520. The van der Waals surface area contributed by atoms with Gasteiger partial charge in [-0.3, -0.25) is 4.99 Å². The van der Waals surface area contributed by atoms with E-state index in [1.54, 1.807) is 44.7 Å². The zero-order valence-corrected chi connectivity index (χ0v) is 15.5. The molecule has 0 aliphatic heterocycles. The van der Waals surface area contributed by atoms with Gasteiger partial charge >= 0.3 is 6.61 Å². The molecule has 1 aromatic heterocycles. The van der Waals surface area contributed by atoms with Gasteiger partial charge in [0.25, 0.3) is 0 Å². The Balaban J connectivity index is 1.89. The van der Waals surface area contributed by atoms with Crippen LogP contribution >= 0.6 is 0 Å². The van der Waals surface area contributed by atoms with Gasteiger partial charge in [-0.25, -0.2) is 4.98 Å². The maximum atomic E-state index is 12.8. The smallest absolute Gasteiger partial charge is 0.387 e. The van der Waals surface area contributed by atoms with E-state index in [4.69, 9.17) is 4.74 Å². The van der Waals surface area contributed by atoms with Gasteiger partial charge in [-0.1, -0.05) is 12.1 Å². The monoisotopic (exact) mass is 381 g/mol. The van der Waals surface area contributed by atoms with Crippen molar-refractivity contribution in [1.29, 1.82) is 0 Å². The van der Waals surface area contributed by atoms with Crippen LogP contribution in [0, 0.1) is 0 Å². The van der Waals surface area contributed by atoms with Crippen LogP contribution in [0.4, 0.5) is 8.78 Å². The number of aromatic nitrogens is 2. The van der Waals surface area contributed by atoms with Gasteiger partial charge in [-0.05, 0) is 19.4 Å². The number of halogens is 2. The number of aryl methyl sites for hydroxylation is 1. The van der Waals surface area contributed by atoms with Crippen molar-refractivity contribution in [3.63, 3.8) is 0 Å². The van der Waals surface area contributed by atoms with Gasteiger partial charge < -0.3 is 24.7 Å². The predicted octanol–water partition coefficient (Wildman–Crippen LogP) is 2.64. The summed E-state index contributed by atoms with van der Waals surface area (Å²) in [5.41, 5.74) is 0.558. The van der Waals surface area contributed by atoms with Crippen molar-refractivity contribution in [2.75, 3.05) is 20.2 Å². The molecule has 148 valence electrons. The highest BCUT2D eigenvalue weighted by Gasteiger charge is 2.15. The standard InChI is InChI=1S/C18H25F2N5O2/c1-3-26-15-7-4-6-14(16(15)27-17(19)20)12-24-18(21-2)23-8-5-10-25-11-9-22-13-25/h4,6-7,9,11,13,17H,3,5,8,10,12H2,1-2H3,(H2,21,23,24). The Morgan fingerprint density at radius 3 is 2.85 bits per heavy atom. The molecule has 2 N–H and O–H groups in total. The second-order valence-corrected chi connectivity index (χ2v) is 5.56. The molecule has 0 saturated carbocycles. The largest absolute Gasteiger partial charge is 0.490 e. The van der Waals surface area contributed by atoms with E-state index < -0.39 is 6.61 Å². The van der Waals surface area contributed by atoms with Crippen LogP contribution in [0.5, 0.6) is 11.5 Å². The Labute approximate surface area is 157 Å². The van der Waals surface area contributed by atoms with E-state index in [1.807, 2.05) is 10.8 Å². The fourth-order valence-electron chi connectivity index (χ4n) is 2.48. The van der Waals surface area contributed by atoms with E-state index >= 15 is 0 Å². The Morgan fingerprint density at radius 1 is 1.33 bits per heavy atom. The first-order valence-corrected chi connectivity index (χ1v) is 8.73. The van der Waals surface area contributed by atoms with Gasteiger partial charge in [-0.2, -0.15) is 8.78 Å². The average Bonchev–Trinajstić information content (AvgIpc) is 3.16. The highest BCUT2D eigenvalue weighted by Crippen LogP contribution is 2.32. The van der Waals surface area contributed by atoms with Crippen LogP contribution < -0.4 is 20.1 Å². The zero-order chi connectivity index (χ0) is 19.5. The topological polar surface area (TPSA) is 72.7 Å². The molecule has 2 rings (SSSR count). The first-order valence-electron chi connectivity index (χ1n) is 8.73. The minimum absolute atomic E-state index is 0.0393. The summed E-state index contributed by atoms with van der Waals surface area (Å²) in [5.74, 6) is 0.906. The Bertz CT molecular complexity index is 708. The molecule has 0 saturated heterocycles. The summed E-state index contributed by atoms with van der Waals surface area (Å²) < 4.78 is 37.6. The molecule has 0 amide bonds. The highest BCUT2D eigenvalue weighted by atomic mass is 19.3. The van der Waals surface area contributed by atoms with Crippen molar-refractivity contribution in [3.8, 4) is 11.5 Å². The van der Waals surface area contributed by atoms with Crippen LogP contribution in [0.3, 0.4) is 0 Å². The van der Waals surface area contributed by atoms with E-state index in [-0.39, 0.29) is 12.3 Å². The van der Waals surface area contributed by atoms with Crippen LogP contribution in [0.2, 0.25) is 0 Å². The summed E-state index contributed by atoms with van der Waals surface area (Å²) in [6.45, 7) is 1.03. The van der Waals surface area contributed by atoms with Crippen molar-refractivity contribution in [2.45, 2.75) is 33.0 Å². The number of benzene rings is 1. The molecule has 27 heavy (non-hydrogen) atoms. The lowest BCUT2D eigenvalue weighted by Gasteiger charge is -2.17. The van der Waals surface area contributed by atoms with Crippen molar-refractivity contribution >= 4 is 5.96 Å². The first kappa shape index (κ1) is 20.5. The fourth-order valence-corrected chi connectivity index (χ4v) is 2.48. The molecule has 2 aromatic rings. The highest BCUT2D eigenvalue weighted by molar-refractivity contribution is 5.79. The number of guanidine groups is 1. The number of nitrogens with one attached hydrogen (secondary N) is 2. The van der Waals surface area contributed by atoms with E-state index in [0.29, 0.717) is 30.4 Å². The molecule has 0 aliphatic carbocycles. The summed E-state index contributed by atoms with van der Waals surface area (Å²) in [5, 5.41) is 6.29. The van der Waals surface area contributed by atoms with E-state index in [1.165, 1.54) is 0 Å². The number of hydrogen-bond donors (Lipinski definition) is 2. The predicted molar refractivity (Wildman–Crippen MR) is 99.3 cm³/mol. The zero-order valence-electron chi connectivity index (χ0n) is 15.5. The summed E-state index contributed by atoms with van der Waals surface area (Å²) >= 11 is 0. The number of para-hydroxylation sites is 1. The van der Waals surface area contributed by atoms with Gasteiger partial charge in [0, 0.05) is 44.6 Å². The van der Waals surface area contributed by atoms with E-state index in [0.717, 1.165) is 13.0 Å². The molecule has 0 bridgehead atoms. The summed E-state index contributed by atoms with van der Waals surface area (Å²) in [4.78, 5) is 8.14. The maximum absolute atomic E-state index is 12.8. The van der Waals surface area contributed by atoms with Crippen LogP contribution in [0.1, 0.15) is 18.9 Å². The van der Waals surface area contributed by atoms with E-state index in [2.05, 4.69) is 25.3 Å². The van der Waals surface area contributed by atoms with Gasteiger partial charge in [-0.15, -0.1) is 0 Å². The van der Waals surface area contributed by atoms with Crippen LogP contribution in [0.25, 0.3) is 0 Å². The maximum Gasteiger partial charge on any atom is 0.387 e. The third-order valence-corrected chi connectivity index (χ3v) is 3.68. The number of alkyl halides is 2. The number of nitrogens with zero attached hydrogens (tertiary/aromatic N) is 3. The normalized spacial score (nSPS) is 11.5. The molecular formula is C18H25F2N5O2. The molecule has 0 radical (unpaired) electrons. The fraction of sp³-hybridized carbons (Fsp3) is 0.444. The minimum Gasteiger partial charge on any atom is -0.490 e. The lowest BCUT2D eigenvalue weighted by Crippen LogP contribution is -2.37. The number of imidazole rings is 1. The SMILES string of the molecule is CCOc1cccc(CNC(=NC)NCCCn2ccnc2)c1OC(F)F. The summed E-state index contributed by atoms with van der Waals surface area (Å²) in [7, 11) is 1.65. The molecule has 0 atom stereocenters. The Kier molecular flexibility index (Phi) is 8.34. The minimum atomic E-state index is -2.93. The van der Waals surface area contributed by atoms with Crippen molar-refractivity contribution in [1.82, 2.24) is 20.2 Å². The van der Waals surface area contributed by atoms with Crippen molar-refractivity contribution < 1.29 is 18.3 Å². The second-order valence-electron chi connectivity index (χ2n) is 5.56. The van der Waals surface area contributed by atoms with Crippen LogP contribution in [-0.4, -0.2) is 42.3 Å². The van der Waals surface area contributed by atoms with Gasteiger partial charge in [0.05, 0.1) is 12.9 Å². The molecule has 0 unspecified atom stereocenters. The number of aliphatic imine (C=N–C) groups is 1. The van der Waals surface area contributed by atoms with Crippen LogP contribution in [0.15, 0.2) is 41.9 Å². The Morgan fingerprint density at radius 2 is 2.19 bits per heavy atom. The number of ether oxygens (including phenoxy) is 2. The summed E-state index contributed by atoms with van der Waals surface area (Å²) in [6.07, 6.45) is 6.30. The van der Waals surface area contributed by atoms with Crippen LogP contribution in [-0.2, 0) is 13.1 Å². The molecule has 0 spiro atoms. The quantitative estimate of drug-likeness (QED) is 0.376. The van der Waals surface area contributed by atoms with Crippen molar-refractivity contribution in [2.24, 2.45) is 4.99 Å². The van der Waals surface area contributed by atoms with E-state index in [9.17, 15) is 8.78 Å². The molecule has 9 heteroatoms. The molecular weight excluding hydrogens is 356 g/mol. The number of rotatable bonds is 10. The molecule has 0 aliphatic rings. The van der Waals surface area contributed by atoms with Gasteiger partial charge in [0.1, 0.15) is 0 Å². The molecule has 1 aromatic carbocycles. The third-order valence-electron chi connectivity index (χ3n) is 3.68. The van der Waals surface area contributed by atoms with Crippen molar-refractivity contribution in [3.05, 3.63) is 42.5 Å². The molecule has 7 nitrogen and oxygen atoms in total. The number of hydrogen-bond acceptors (Lipinski definition) is 4. The third kappa shape index (κ3) is 6.76. The summed E-state index contributed by atoms with van der Waals surface area (Å²) in [6, 6.07) is 5.05. The Hall–Kier alpha value is -2.84. The second kappa shape index (κ2) is 11.0. The average molecular weight is 381 g/mol. The first-order chi connectivity index (χ1) is 13.1. The molecule has 0 fully saturated rings.